The Morgan fingerprint density at radius 3 is 1.41 bits per heavy atom. The largest absolute Gasteiger partial charge is 0.478 e. The van der Waals surface area contributed by atoms with Crippen molar-refractivity contribution in [2.45, 2.75) is 175 Å². The SMILES string of the molecule is C.COC[C@@]1(O)CC[C@@]2(C)[C@@H](CC[C@@H]3[C@@H]2CC[C@]2(C)[C@@H](C(=O)Cn4cc(C(=O)O)cn4)CC[C@@H]32)C1.COC[C@@]1(O)CC[C@@]2(C)[C@@H](CC[C@@H]3[C@@H]2CC[C@]2(C)[C@@H](C(=O)Cn4cc(C(N)=O)cn4)CC[C@@H]32)C1.[2H]CF. The number of halogens is 1. The number of rotatable bonds is 12. The third-order valence-electron chi connectivity index (χ3n) is 21.7. The number of aliphatic hydroxyl groups is 2. The van der Waals surface area contributed by atoms with Crippen LogP contribution < -0.4 is 5.73 Å². The standard InChI is InChI=1S/C27H41N3O4.C27H40N2O5.CH3F.CH4/c1-25-10-11-27(33,16-34-3)12-18(25)4-5-19-20-6-7-22(26(20,2)9-8-21(19)25)23(31)15-30-14-17(13-29-30)24(28)32;1-25-10-11-27(33,16-34-3)12-18(25)4-5-19-20-6-7-22(26(20,2)9-8-21(19)25)23(30)15-29-14-17(13-28-29)24(31)32;1-2;/h13-14,18-22,33H,4-12,15-16H2,1-3H3,(H2,28,32);13-14,18-22,33H,4-12,15-16H2,1-3H3,(H,31,32);1H3;1H4/t2*18-,19-,20-,21-,22+,25-,26-,27+;;/m00../s1/i;;1D;. The van der Waals surface area contributed by atoms with Gasteiger partial charge in [-0.15, -0.1) is 0 Å². The molecule has 8 aliphatic carbocycles. The summed E-state index contributed by atoms with van der Waals surface area (Å²) in [6.45, 7) is 10.9. The number of carbonyl (C=O) groups excluding carboxylic acids is 3. The zero-order valence-corrected chi connectivity index (χ0v) is 42.9. The minimum Gasteiger partial charge on any atom is -0.478 e. The summed E-state index contributed by atoms with van der Waals surface area (Å²) >= 11 is 0. The van der Waals surface area contributed by atoms with Crippen LogP contribution >= 0.6 is 0 Å². The molecule has 0 aliphatic heterocycles. The number of ether oxygens (including phenoxy) is 2. The van der Waals surface area contributed by atoms with E-state index in [1.165, 1.54) is 61.8 Å². The maximum Gasteiger partial charge on any atom is 0.338 e. The summed E-state index contributed by atoms with van der Waals surface area (Å²) in [6.07, 6.45) is 24.8. The van der Waals surface area contributed by atoms with E-state index in [2.05, 4.69) is 37.9 Å². The van der Waals surface area contributed by atoms with Crippen molar-refractivity contribution in [3.63, 3.8) is 0 Å². The number of aromatic carboxylic acids is 1. The maximum atomic E-state index is 13.4. The summed E-state index contributed by atoms with van der Waals surface area (Å²) in [5.41, 5.74) is 5.10. The van der Waals surface area contributed by atoms with Crippen LogP contribution in [0.1, 0.15) is 173 Å². The predicted molar refractivity (Wildman–Crippen MR) is 268 cm³/mol. The van der Waals surface area contributed by atoms with Gasteiger partial charge >= 0.3 is 5.97 Å². The number of ketones is 2. The first-order valence-electron chi connectivity index (χ1n) is 27.2. The van der Waals surface area contributed by atoms with E-state index in [-0.39, 0.29) is 71.1 Å². The molecule has 71 heavy (non-hydrogen) atoms. The summed E-state index contributed by atoms with van der Waals surface area (Å²) < 4.78 is 29.3. The molecule has 0 radical (unpaired) electrons. The number of nitrogens with two attached hydrogens (primary N) is 1. The quantitative estimate of drug-likeness (QED) is 0.158. The Hall–Kier alpha value is -3.53. The highest BCUT2D eigenvalue weighted by Gasteiger charge is 2.64. The van der Waals surface area contributed by atoms with Crippen LogP contribution in [0.4, 0.5) is 4.39 Å². The molecule has 10 rings (SSSR count). The highest BCUT2D eigenvalue weighted by Crippen LogP contribution is 2.70. The van der Waals surface area contributed by atoms with Crippen LogP contribution in [0.5, 0.6) is 0 Å². The Morgan fingerprint density at radius 2 is 1.04 bits per heavy atom. The first-order chi connectivity index (χ1) is 33.6. The fourth-order valence-corrected chi connectivity index (χ4v) is 18.2. The summed E-state index contributed by atoms with van der Waals surface area (Å²) in [5.74, 6) is 3.98. The van der Waals surface area contributed by atoms with Crippen molar-refractivity contribution < 1.29 is 49.7 Å². The molecule has 8 saturated carbocycles. The summed E-state index contributed by atoms with van der Waals surface area (Å²) in [6, 6.07) is 0. The van der Waals surface area contributed by atoms with Gasteiger partial charge in [0.25, 0.3) is 5.91 Å². The molecule has 2 aromatic rings. The minimum atomic E-state index is -1.02. The van der Waals surface area contributed by atoms with Crippen molar-refractivity contribution in [2.24, 2.45) is 86.6 Å². The molecule has 398 valence electrons. The van der Waals surface area contributed by atoms with E-state index in [0.717, 1.165) is 77.0 Å². The first kappa shape index (κ1) is 53.8. The van der Waals surface area contributed by atoms with Crippen molar-refractivity contribution in [1.29, 1.82) is 0 Å². The molecule has 0 saturated heterocycles. The van der Waals surface area contributed by atoms with Gasteiger partial charge in [-0.05, 0) is 185 Å². The number of primary amides is 1. The number of nitrogens with zero attached hydrogens (tertiary/aromatic N) is 4. The lowest BCUT2D eigenvalue weighted by molar-refractivity contribution is -0.164. The molecule has 2 heterocycles. The number of carbonyl (C=O) groups is 4. The molecular formula is C56H88FN5O9. The molecule has 0 spiro atoms. The Kier molecular flexibility index (Phi) is 15.9. The Balaban J connectivity index is 0.000000198. The second kappa shape index (κ2) is 21.0. The molecular weight excluding hydrogens is 906 g/mol. The van der Waals surface area contributed by atoms with Crippen LogP contribution in [-0.2, 0) is 32.2 Å². The molecule has 5 N–H and O–H groups in total. The van der Waals surface area contributed by atoms with Gasteiger partial charge in [0.05, 0.1) is 69.6 Å². The number of carboxylic acids is 1. The molecule has 2 aromatic heterocycles. The fraction of sp³-hybridized carbons (Fsp3) is 0.821. The van der Waals surface area contributed by atoms with Crippen LogP contribution in [-0.4, -0.2) is 104 Å². The number of aromatic nitrogens is 4. The van der Waals surface area contributed by atoms with Crippen LogP contribution in [0.2, 0.25) is 0 Å². The zero-order chi connectivity index (χ0) is 51.3. The van der Waals surface area contributed by atoms with Gasteiger partial charge in [-0.1, -0.05) is 35.1 Å². The average molecular weight is 995 g/mol. The molecule has 0 unspecified atom stereocenters. The predicted octanol–water partition coefficient (Wildman–Crippen LogP) is 9.00. The minimum absolute atomic E-state index is 0. The number of carboxylic acid groups (broad SMARTS) is 1. The topological polar surface area (TPSA) is 209 Å². The second-order valence-corrected chi connectivity index (χ2v) is 24.8. The number of amides is 1. The summed E-state index contributed by atoms with van der Waals surface area (Å²) in [5, 5.41) is 39.6. The van der Waals surface area contributed by atoms with E-state index in [1.54, 1.807) is 25.1 Å². The molecule has 15 heteroatoms. The number of methoxy groups -OCH3 is 2. The van der Waals surface area contributed by atoms with Crippen molar-refractivity contribution in [2.75, 3.05) is 34.6 Å². The Morgan fingerprint density at radius 1 is 0.648 bits per heavy atom. The summed E-state index contributed by atoms with van der Waals surface area (Å²) in [7, 11) is 2.37. The van der Waals surface area contributed by atoms with Gasteiger partial charge in [-0.2, -0.15) is 10.2 Å². The van der Waals surface area contributed by atoms with Crippen molar-refractivity contribution in [1.82, 2.24) is 19.6 Å². The van der Waals surface area contributed by atoms with Gasteiger partial charge in [0.1, 0.15) is 0 Å². The van der Waals surface area contributed by atoms with Crippen LogP contribution in [0.3, 0.4) is 0 Å². The smallest absolute Gasteiger partial charge is 0.338 e. The third-order valence-corrected chi connectivity index (χ3v) is 21.7. The first-order valence-corrected chi connectivity index (χ1v) is 26.5. The molecule has 16 atom stereocenters. The van der Waals surface area contributed by atoms with Crippen molar-refractivity contribution in [3.05, 3.63) is 35.9 Å². The van der Waals surface area contributed by atoms with E-state index < -0.39 is 30.2 Å². The number of hydrogen-bond acceptors (Lipinski definition) is 10. The van der Waals surface area contributed by atoms with Gasteiger partial charge in [0, 0.05) is 38.4 Å². The maximum absolute atomic E-state index is 13.4. The Bertz CT molecular complexity index is 2110. The van der Waals surface area contributed by atoms with Gasteiger partial charge in [0.2, 0.25) is 0 Å². The number of fused-ring (bicyclic) bond motifs is 10. The van der Waals surface area contributed by atoms with E-state index in [0.29, 0.717) is 66.1 Å². The monoisotopic (exact) mass is 995 g/mol. The lowest BCUT2D eigenvalue weighted by Crippen LogP contribution is -2.56. The van der Waals surface area contributed by atoms with Crippen LogP contribution in [0.25, 0.3) is 0 Å². The van der Waals surface area contributed by atoms with Gasteiger partial charge in [-0.25, -0.2) is 4.79 Å². The molecule has 0 bridgehead atoms. The number of Topliss-reactive ketones (excluding diaryl/α,β-unsaturated/α-hetero) is 2. The van der Waals surface area contributed by atoms with Crippen LogP contribution in [0, 0.1) is 80.8 Å². The molecule has 8 fully saturated rings. The van der Waals surface area contributed by atoms with Crippen molar-refractivity contribution >= 4 is 23.4 Å². The number of alkyl halides is 1. The molecule has 0 aromatic carbocycles. The third kappa shape index (κ3) is 9.97. The molecule has 1 amide bonds. The summed E-state index contributed by atoms with van der Waals surface area (Å²) in [4.78, 5) is 49.4. The Labute approximate surface area is 423 Å². The van der Waals surface area contributed by atoms with Gasteiger partial charge in [0.15, 0.2) is 11.6 Å². The second-order valence-electron chi connectivity index (χ2n) is 24.8. The van der Waals surface area contributed by atoms with E-state index in [9.17, 15) is 33.8 Å². The fourth-order valence-electron chi connectivity index (χ4n) is 18.2. The van der Waals surface area contributed by atoms with Crippen molar-refractivity contribution in [3.8, 4) is 0 Å². The lowest BCUT2D eigenvalue weighted by atomic mass is 9.44. The van der Waals surface area contributed by atoms with Crippen LogP contribution in [0.15, 0.2) is 24.8 Å². The zero-order valence-electron chi connectivity index (χ0n) is 43.9. The van der Waals surface area contributed by atoms with E-state index in [4.69, 9.17) is 21.7 Å². The van der Waals surface area contributed by atoms with E-state index in [1.807, 2.05) is 0 Å². The lowest BCUT2D eigenvalue weighted by Gasteiger charge is -2.62. The molecule has 8 aliphatic rings. The highest BCUT2D eigenvalue weighted by molar-refractivity contribution is 5.92. The number of hydrogen-bond donors (Lipinski definition) is 4. The van der Waals surface area contributed by atoms with Gasteiger partial charge in [-0.3, -0.25) is 28.1 Å². The van der Waals surface area contributed by atoms with E-state index >= 15 is 0 Å². The highest BCUT2D eigenvalue weighted by atomic mass is 19.1. The van der Waals surface area contributed by atoms with Gasteiger partial charge < -0.3 is 30.5 Å². The normalized spacial score (nSPS) is 42.0. The molecule has 14 nitrogen and oxygen atoms in total. The average Bonchev–Trinajstić information content (AvgIpc) is 4.13.